The average Bonchev–Trinajstić information content (AvgIpc) is 2.85. The van der Waals surface area contributed by atoms with E-state index in [1.165, 1.54) is 0 Å². The molecule has 4 nitrogen and oxygen atoms in total. The van der Waals surface area contributed by atoms with Crippen molar-refractivity contribution in [2.45, 2.75) is 42.9 Å². The molecular weight excluding hydrogens is 304 g/mol. The number of benzene rings is 1. The molecule has 2 atom stereocenters. The SMILES string of the molecule is CNCc1cccc(CS(=O)(=O)NC2CCC(SC)C2)c1. The molecule has 1 aromatic carbocycles. The van der Waals surface area contributed by atoms with E-state index in [1.807, 2.05) is 43.1 Å². The lowest BCUT2D eigenvalue weighted by molar-refractivity contribution is 0.552. The van der Waals surface area contributed by atoms with Gasteiger partial charge in [-0.1, -0.05) is 24.3 Å². The quantitative estimate of drug-likeness (QED) is 0.805. The van der Waals surface area contributed by atoms with E-state index in [9.17, 15) is 8.42 Å². The molecule has 21 heavy (non-hydrogen) atoms. The molecule has 0 spiro atoms. The van der Waals surface area contributed by atoms with Crippen LogP contribution in [-0.4, -0.2) is 33.0 Å². The lowest BCUT2D eigenvalue weighted by atomic mass is 10.1. The Kier molecular flexibility index (Phi) is 6.10. The normalized spacial score (nSPS) is 22.6. The highest BCUT2D eigenvalue weighted by molar-refractivity contribution is 7.99. The molecule has 2 rings (SSSR count). The summed E-state index contributed by atoms with van der Waals surface area (Å²) in [6.45, 7) is 0.749. The largest absolute Gasteiger partial charge is 0.316 e. The van der Waals surface area contributed by atoms with Crippen molar-refractivity contribution in [3.63, 3.8) is 0 Å². The maximum absolute atomic E-state index is 12.3. The molecule has 0 bridgehead atoms. The van der Waals surface area contributed by atoms with Crippen LogP contribution in [-0.2, 0) is 22.3 Å². The van der Waals surface area contributed by atoms with Crippen molar-refractivity contribution in [3.8, 4) is 0 Å². The number of nitrogens with one attached hydrogen (secondary N) is 2. The minimum absolute atomic E-state index is 0.0605. The third kappa shape index (κ3) is 5.29. The maximum Gasteiger partial charge on any atom is 0.216 e. The van der Waals surface area contributed by atoms with Crippen molar-refractivity contribution in [2.75, 3.05) is 13.3 Å². The van der Waals surface area contributed by atoms with Gasteiger partial charge < -0.3 is 5.32 Å². The predicted octanol–water partition coefficient (Wildman–Crippen LogP) is 2.11. The average molecular weight is 329 g/mol. The van der Waals surface area contributed by atoms with Crippen LogP contribution >= 0.6 is 11.8 Å². The van der Waals surface area contributed by atoms with Gasteiger partial charge >= 0.3 is 0 Å². The van der Waals surface area contributed by atoms with E-state index >= 15 is 0 Å². The molecule has 2 N–H and O–H groups in total. The molecule has 1 saturated carbocycles. The first-order chi connectivity index (χ1) is 10.0. The van der Waals surface area contributed by atoms with Gasteiger partial charge in [-0.25, -0.2) is 13.1 Å². The molecule has 1 fully saturated rings. The van der Waals surface area contributed by atoms with E-state index in [0.29, 0.717) is 5.25 Å². The van der Waals surface area contributed by atoms with E-state index in [1.54, 1.807) is 0 Å². The first-order valence-corrected chi connectivity index (χ1v) is 10.2. The standard InChI is InChI=1S/C15H24N2O2S2/c1-16-10-12-4-3-5-13(8-12)11-21(18,19)17-14-6-7-15(9-14)20-2/h3-5,8,14-17H,6-7,9-11H2,1-2H3. The molecule has 0 amide bonds. The maximum atomic E-state index is 12.3. The Morgan fingerprint density at radius 3 is 2.71 bits per heavy atom. The zero-order valence-electron chi connectivity index (χ0n) is 12.6. The molecule has 0 saturated heterocycles. The molecule has 1 aromatic rings. The van der Waals surface area contributed by atoms with Crippen LogP contribution in [0.2, 0.25) is 0 Å². The number of sulfonamides is 1. The molecule has 0 heterocycles. The fraction of sp³-hybridized carbons (Fsp3) is 0.600. The molecular formula is C15H24N2O2S2. The first-order valence-electron chi connectivity index (χ1n) is 7.27. The van der Waals surface area contributed by atoms with Crippen LogP contribution in [0.15, 0.2) is 24.3 Å². The lowest BCUT2D eigenvalue weighted by Crippen LogP contribution is -2.34. The second-order valence-corrected chi connectivity index (χ2v) is 8.49. The zero-order valence-corrected chi connectivity index (χ0v) is 14.3. The van der Waals surface area contributed by atoms with Crippen molar-refractivity contribution in [3.05, 3.63) is 35.4 Å². The van der Waals surface area contributed by atoms with Crippen molar-refractivity contribution in [2.24, 2.45) is 0 Å². The Hall–Kier alpha value is -0.560. The van der Waals surface area contributed by atoms with Gasteiger partial charge in [0.1, 0.15) is 0 Å². The van der Waals surface area contributed by atoms with Crippen molar-refractivity contribution < 1.29 is 8.42 Å². The van der Waals surface area contributed by atoms with Gasteiger partial charge in [0.2, 0.25) is 10.0 Å². The smallest absolute Gasteiger partial charge is 0.216 e. The summed E-state index contributed by atoms with van der Waals surface area (Å²) in [5.41, 5.74) is 1.95. The summed E-state index contributed by atoms with van der Waals surface area (Å²) < 4.78 is 27.4. The summed E-state index contributed by atoms with van der Waals surface area (Å²) in [6, 6.07) is 7.84. The van der Waals surface area contributed by atoms with Crippen LogP contribution in [0.25, 0.3) is 0 Å². The highest BCUT2D eigenvalue weighted by atomic mass is 32.2. The summed E-state index contributed by atoms with van der Waals surface area (Å²) >= 11 is 1.83. The highest BCUT2D eigenvalue weighted by Gasteiger charge is 2.27. The summed E-state index contributed by atoms with van der Waals surface area (Å²) in [5, 5.41) is 3.67. The van der Waals surface area contributed by atoms with E-state index in [0.717, 1.165) is 36.9 Å². The summed E-state index contributed by atoms with van der Waals surface area (Å²) in [7, 11) is -1.38. The fourth-order valence-corrected chi connectivity index (χ4v) is 5.03. The lowest BCUT2D eigenvalue weighted by Gasteiger charge is -2.13. The number of hydrogen-bond acceptors (Lipinski definition) is 4. The van der Waals surface area contributed by atoms with Gasteiger partial charge in [0.25, 0.3) is 0 Å². The van der Waals surface area contributed by atoms with Gasteiger partial charge in [-0.3, -0.25) is 0 Å². The van der Waals surface area contributed by atoms with E-state index in [2.05, 4.69) is 16.3 Å². The van der Waals surface area contributed by atoms with Gasteiger partial charge in [-0.2, -0.15) is 11.8 Å². The number of rotatable bonds is 7. The zero-order chi connectivity index (χ0) is 15.3. The Bertz CT molecular complexity index is 561. The summed E-state index contributed by atoms with van der Waals surface area (Å²) in [4.78, 5) is 0. The minimum Gasteiger partial charge on any atom is -0.316 e. The van der Waals surface area contributed by atoms with Gasteiger partial charge in [0.15, 0.2) is 0 Å². The third-order valence-corrected chi connectivity index (χ3v) is 6.29. The molecule has 1 aliphatic carbocycles. The highest BCUT2D eigenvalue weighted by Crippen LogP contribution is 2.28. The number of thioether (sulfide) groups is 1. The Morgan fingerprint density at radius 2 is 2.05 bits per heavy atom. The predicted molar refractivity (Wildman–Crippen MR) is 89.9 cm³/mol. The molecule has 6 heteroatoms. The Labute approximate surface area is 132 Å². The van der Waals surface area contributed by atoms with Crippen LogP contribution in [0.4, 0.5) is 0 Å². The Balaban J connectivity index is 1.96. The van der Waals surface area contributed by atoms with Crippen LogP contribution in [0.3, 0.4) is 0 Å². The van der Waals surface area contributed by atoms with Gasteiger partial charge in [-0.15, -0.1) is 0 Å². The monoisotopic (exact) mass is 328 g/mol. The molecule has 1 aliphatic rings. The van der Waals surface area contributed by atoms with Crippen LogP contribution in [0.5, 0.6) is 0 Å². The fourth-order valence-electron chi connectivity index (χ4n) is 2.81. The topological polar surface area (TPSA) is 58.2 Å². The number of hydrogen-bond donors (Lipinski definition) is 2. The van der Waals surface area contributed by atoms with Crippen molar-refractivity contribution in [1.29, 1.82) is 0 Å². The van der Waals surface area contributed by atoms with Crippen LogP contribution < -0.4 is 10.0 Å². The van der Waals surface area contributed by atoms with Crippen molar-refractivity contribution in [1.82, 2.24) is 10.0 Å². The third-order valence-electron chi connectivity index (χ3n) is 3.79. The Morgan fingerprint density at radius 1 is 1.29 bits per heavy atom. The first kappa shape index (κ1) is 16.8. The van der Waals surface area contributed by atoms with Crippen LogP contribution in [0, 0.1) is 0 Å². The van der Waals surface area contributed by atoms with Gasteiger partial charge in [0, 0.05) is 17.8 Å². The molecule has 118 valence electrons. The van der Waals surface area contributed by atoms with Crippen molar-refractivity contribution >= 4 is 21.8 Å². The van der Waals surface area contributed by atoms with Gasteiger partial charge in [-0.05, 0) is 43.7 Å². The summed E-state index contributed by atoms with van der Waals surface area (Å²) in [6.07, 6.45) is 5.09. The van der Waals surface area contributed by atoms with Crippen LogP contribution in [0.1, 0.15) is 30.4 Å². The molecule has 2 unspecified atom stereocenters. The van der Waals surface area contributed by atoms with E-state index in [-0.39, 0.29) is 11.8 Å². The molecule has 0 radical (unpaired) electrons. The van der Waals surface area contributed by atoms with E-state index in [4.69, 9.17) is 0 Å². The minimum atomic E-state index is -3.26. The second kappa shape index (κ2) is 7.63. The summed E-state index contributed by atoms with van der Waals surface area (Å²) in [5.74, 6) is 0.0605. The van der Waals surface area contributed by atoms with E-state index < -0.39 is 10.0 Å². The van der Waals surface area contributed by atoms with Gasteiger partial charge in [0.05, 0.1) is 5.75 Å². The molecule has 0 aromatic heterocycles. The second-order valence-electron chi connectivity index (χ2n) is 5.59. The molecule has 0 aliphatic heterocycles.